The van der Waals surface area contributed by atoms with E-state index >= 15 is 0 Å². The van der Waals surface area contributed by atoms with E-state index in [-0.39, 0.29) is 18.5 Å². The van der Waals surface area contributed by atoms with Crippen molar-refractivity contribution in [3.05, 3.63) is 45.7 Å². The molecule has 4 rings (SSSR count). The molecule has 3 amide bonds. The van der Waals surface area contributed by atoms with E-state index in [9.17, 15) is 9.59 Å². The van der Waals surface area contributed by atoms with Crippen molar-refractivity contribution in [3.8, 4) is 0 Å². The number of urea groups is 1. The molecule has 3 aliphatic heterocycles. The molecule has 3 aliphatic rings. The lowest BCUT2D eigenvalue weighted by Gasteiger charge is -2.40. The van der Waals surface area contributed by atoms with Crippen LogP contribution in [0.4, 0.5) is 4.79 Å². The molecule has 1 aromatic carbocycles. The van der Waals surface area contributed by atoms with Crippen LogP contribution in [-0.4, -0.2) is 63.3 Å². The fourth-order valence-electron chi connectivity index (χ4n) is 3.76. The number of rotatable bonds is 3. The lowest BCUT2D eigenvalue weighted by atomic mass is 10.1. The first kappa shape index (κ1) is 18.1. The van der Waals surface area contributed by atoms with Crippen molar-refractivity contribution in [2.75, 3.05) is 13.6 Å². The van der Waals surface area contributed by atoms with Crippen molar-refractivity contribution < 1.29 is 9.59 Å². The maximum Gasteiger partial charge on any atom is 0.328 e. The van der Waals surface area contributed by atoms with Crippen molar-refractivity contribution >= 4 is 41.1 Å². The number of allylic oxidation sites excluding steroid dienone is 1. The third kappa shape index (κ3) is 2.68. The molecule has 0 saturated carbocycles. The maximum absolute atomic E-state index is 13.2. The topological polar surface area (TPSA) is 59.5 Å². The highest BCUT2D eigenvalue weighted by molar-refractivity contribution is 6.42. The molecule has 0 aliphatic carbocycles. The Morgan fingerprint density at radius 2 is 1.89 bits per heavy atom. The minimum absolute atomic E-state index is 0.130. The Hall–Kier alpha value is -2.25. The molecule has 1 fully saturated rings. The number of carbonyl (C=O) groups is 2. The number of carbonyl (C=O) groups excluding carboxylic acids is 2. The second-order valence-electron chi connectivity index (χ2n) is 6.78. The van der Waals surface area contributed by atoms with E-state index in [1.54, 1.807) is 25.2 Å². The zero-order chi connectivity index (χ0) is 19.5. The van der Waals surface area contributed by atoms with Crippen LogP contribution in [0.25, 0.3) is 0 Å². The van der Waals surface area contributed by atoms with E-state index in [2.05, 4.69) is 4.99 Å². The van der Waals surface area contributed by atoms with Crippen LogP contribution in [0.5, 0.6) is 0 Å². The molecule has 1 aromatic rings. The number of amides is 3. The van der Waals surface area contributed by atoms with Gasteiger partial charge in [-0.2, -0.15) is 0 Å². The molecule has 142 valence electrons. The number of fused-ring (bicyclic) bond motifs is 3. The standard InChI is InChI=1S/C18H19Cl2N5O2/c1-4-23-10(2)8-24-14-15(21-17(23)24)22(3)18(27)25(16(14)26)9-11-5-6-12(19)13(20)7-11/h5-8,14-15H,4,9H2,1-3H3. The van der Waals surface area contributed by atoms with Gasteiger partial charge in [-0.15, -0.1) is 0 Å². The van der Waals surface area contributed by atoms with E-state index in [1.807, 2.05) is 29.8 Å². The van der Waals surface area contributed by atoms with E-state index in [1.165, 1.54) is 9.80 Å². The molecule has 0 aromatic heterocycles. The SMILES string of the molecule is CCN1C(C)=CN2C1=NC1C2C(=O)N(Cc2ccc(Cl)c(Cl)c2)C(=O)N1C. The zero-order valence-electron chi connectivity index (χ0n) is 15.2. The highest BCUT2D eigenvalue weighted by Gasteiger charge is 2.54. The van der Waals surface area contributed by atoms with Gasteiger partial charge in [0.1, 0.15) is 0 Å². The van der Waals surface area contributed by atoms with Gasteiger partial charge in [0.2, 0.25) is 5.96 Å². The van der Waals surface area contributed by atoms with Crippen LogP contribution in [0.3, 0.4) is 0 Å². The molecule has 7 nitrogen and oxygen atoms in total. The molecule has 1 saturated heterocycles. The summed E-state index contributed by atoms with van der Waals surface area (Å²) in [4.78, 5) is 37.4. The van der Waals surface area contributed by atoms with Crippen molar-refractivity contribution in [2.45, 2.75) is 32.6 Å². The van der Waals surface area contributed by atoms with E-state index in [0.29, 0.717) is 10.0 Å². The molecular formula is C18H19Cl2N5O2. The minimum Gasteiger partial charge on any atom is -0.315 e. The smallest absolute Gasteiger partial charge is 0.315 e. The molecule has 0 radical (unpaired) electrons. The third-order valence-corrected chi connectivity index (χ3v) is 5.88. The first-order valence-electron chi connectivity index (χ1n) is 8.67. The van der Waals surface area contributed by atoms with Gasteiger partial charge in [0.25, 0.3) is 5.91 Å². The predicted octanol–water partition coefficient (Wildman–Crippen LogP) is 2.95. The second kappa shape index (κ2) is 6.42. The van der Waals surface area contributed by atoms with Gasteiger partial charge in [0.15, 0.2) is 12.2 Å². The number of hydrogen-bond donors (Lipinski definition) is 0. The van der Waals surface area contributed by atoms with Crippen LogP contribution in [-0.2, 0) is 11.3 Å². The summed E-state index contributed by atoms with van der Waals surface area (Å²) in [5.74, 6) is 0.448. The third-order valence-electron chi connectivity index (χ3n) is 5.14. The van der Waals surface area contributed by atoms with Gasteiger partial charge in [-0.3, -0.25) is 9.69 Å². The summed E-state index contributed by atoms with van der Waals surface area (Å²) in [6.45, 7) is 4.88. The Kier molecular flexibility index (Phi) is 4.31. The van der Waals surface area contributed by atoms with Crippen molar-refractivity contribution in [1.82, 2.24) is 19.6 Å². The number of halogens is 2. The fourth-order valence-corrected chi connectivity index (χ4v) is 4.08. The highest BCUT2D eigenvalue weighted by atomic mass is 35.5. The van der Waals surface area contributed by atoms with Crippen LogP contribution in [0, 0.1) is 0 Å². The van der Waals surface area contributed by atoms with Crippen LogP contribution in [0.1, 0.15) is 19.4 Å². The van der Waals surface area contributed by atoms with Gasteiger partial charge in [0, 0.05) is 25.5 Å². The monoisotopic (exact) mass is 407 g/mol. The fraction of sp³-hybridized carbons (Fsp3) is 0.389. The van der Waals surface area contributed by atoms with Gasteiger partial charge in [-0.1, -0.05) is 29.3 Å². The Bertz CT molecular complexity index is 900. The second-order valence-corrected chi connectivity index (χ2v) is 7.59. The average molecular weight is 408 g/mol. The van der Waals surface area contributed by atoms with Crippen LogP contribution in [0.15, 0.2) is 35.1 Å². The minimum atomic E-state index is -0.558. The number of guanidine groups is 1. The molecule has 2 atom stereocenters. The summed E-state index contributed by atoms with van der Waals surface area (Å²) >= 11 is 12.0. The molecule has 27 heavy (non-hydrogen) atoms. The number of imide groups is 1. The first-order chi connectivity index (χ1) is 12.8. The molecule has 9 heteroatoms. The van der Waals surface area contributed by atoms with Gasteiger partial charge in [-0.05, 0) is 31.5 Å². The van der Waals surface area contributed by atoms with Crippen LogP contribution in [0.2, 0.25) is 10.0 Å². The van der Waals surface area contributed by atoms with E-state index < -0.39 is 12.2 Å². The molecule has 0 spiro atoms. The molecule has 3 heterocycles. The van der Waals surface area contributed by atoms with E-state index in [4.69, 9.17) is 23.2 Å². The summed E-state index contributed by atoms with van der Waals surface area (Å²) in [5.41, 5.74) is 1.76. The van der Waals surface area contributed by atoms with E-state index in [0.717, 1.165) is 23.8 Å². The number of hydrogen-bond acceptors (Lipinski definition) is 5. The summed E-state index contributed by atoms with van der Waals surface area (Å²) in [6.07, 6.45) is 1.40. The summed E-state index contributed by atoms with van der Waals surface area (Å²) in [5, 5.41) is 0.820. The number of benzene rings is 1. The van der Waals surface area contributed by atoms with Crippen LogP contribution < -0.4 is 0 Å². The number of nitrogens with zero attached hydrogens (tertiary/aromatic N) is 5. The summed E-state index contributed by atoms with van der Waals surface area (Å²) in [7, 11) is 1.67. The molecule has 2 unspecified atom stereocenters. The highest BCUT2D eigenvalue weighted by Crippen LogP contribution is 2.34. The Labute approximate surface area is 167 Å². The van der Waals surface area contributed by atoms with Gasteiger partial charge >= 0.3 is 6.03 Å². The normalized spacial score (nSPS) is 24.3. The molecule has 0 N–H and O–H groups in total. The lowest BCUT2D eigenvalue weighted by molar-refractivity contribution is -0.137. The van der Waals surface area contributed by atoms with Crippen molar-refractivity contribution in [1.29, 1.82) is 0 Å². The first-order valence-corrected chi connectivity index (χ1v) is 9.43. The van der Waals surface area contributed by atoms with Crippen molar-refractivity contribution in [2.24, 2.45) is 4.99 Å². The summed E-state index contributed by atoms with van der Waals surface area (Å²) < 4.78 is 0. The quantitative estimate of drug-likeness (QED) is 0.772. The van der Waals surface area contributed by atoms with Crippen LogP contribution >= 0.6 is 23.2 Å². The Balaban J connectivity index is 1.65. The molecular weight excluding hydrogens is 389 g/mol. The lowest BCUT2D eigenvalue weighted by Crippen LogP contribution is -2.63. The van der Waals surface area contributed by atoms with Gasteiger partial charge < -0.3 is 14.7 Å². The number of likely N-dealkylation sites (N-methyl/N-ethyl adjacent to an activating group) is 1. The Morgan fingerprint density at radius 3 is 2.56 bits per heavy atom. The molecule has 0 bridgehead atoms. The number of aliphatic imine (C=N–C) groups is 1. The largest absolute Gasteiger partial charge is 0.328 e. The van der Waals surface area contributed by atoms with Gasteiger partial charge in [-0.25, -0.2) is 9.79 Å². The maximum atomic E-state index is 13.2. The Morgan fingerprint density at radius 1 is 1.15 bits per heavy atom. The zero-order valence-corrected chi connectivity index (χ0v) is 16.7. The summed E-state index contributed by atoms with van der Waals surface area (Å²) in [6, 6.07) is 4.16. The van der Waals surface area contributed by atoms with Gasteiger partial charge in [0.05, 0.1) is 16.6 Å². The predicted molar refractivity (Wildman–Crippen MR) is 103 cm³/mol. The average Bonchev–Trinajstić information content (AvgIpc) is 3.14. The van der Waals surface area contributed by atoms with Crippen molar-refractivity contribution in [3.63, 3.8) is 0 Å².